The molecule has 4 bridgehead atoms. The molecule has 4 aliphatic rings. The van der Waals surface area contributed by atoms with Crippen molar-refractivity contribution in [3.63, 3.8) is 0 Å². The van der Waals surface area contributed by atoms with Crippen molar-refractivity contribution >= 4 is 65.7 Å². The summed E-state index contributed by atoms with van der Waals surface area (Å²) in [4.78, 5) is 36.5. The highest BCUT2D eigenvalue weighted by molar-refractivity contribution is 8.44. The lowest BCUT2D eigenvalue weighted by Gasteiger charge is -2.33. The van der Waals surface area contributed by atoms with E-state index >= 15 is 0 Å². The van der Waals surface area contributed by atoms with Crippen LogP contribution in [0.4, 0.5) is 5.82 Å². The van der Waals surface area contributed by atoms with Crippen molar-refractivity contribution in [3.05, 3.63) is 31.0 Å². The predicted molar refractivity (Wildman–Crippen MR) is 157 cm³/mol. The molecule has 2 unspecified atom stereocenters. The number of aryl methyl sites for hydroxylation is 1. The molecule has 0 amide bonds. The van der Waals surface area contributed by atoms with E-state index in [1.807, 2.05) is 0 Å². The Balaban J connectivity index is 1.14. The highest BCUT2D eigenvalue weighted by atomic mass is 32.7. The van der Waals surface area contributed by atoms with Crippen LogP contribution in [0.3, 0.4) is 0 Å². The van der Waals surface area contributed by atoms with Crippen LogP contribution in [-0.4, -0.2) is 105 Å². The van der Waals surface area contributed by atoms with Crippen molar-refractivity contribution < 1.29 is 46.9 Å². The summed E-state index contributed by atoms with van der Waals surface area (Å²) in [7, 11) is 0. The second kappa shape index (κ2) is 10.6. The predicted octanol–water partition coefficient (Wildman–Crippen LogP) is 0.553. The third-order valence-electron chi connectivity index (χ3n) is 8.14. The minimum Gasteiger partial charge on any atom is -0.387 e. The summed E-state index contributed by atoms with van der Waals surface area (Å²) in [6.45, 7) is -7.51. The van der Waals surface area contributed by atoms with Crippen molar-refractivity contribution in [1.29, 1.82) is 0 Å². The second-order valence-corrected chi connectivity index (χ2v) is 16.5. The first-order chi connectivity index (χ1) is 21.5. The van der Waals surface area contributed by atoms with E-state index in [-0.39, 0.29) is 12.4 Å². The Morgan fingerprint density at radius 2 is 1.71 bits per heavy atom. The summed E-state index contributed by atoms with van der Waals surface area (Å²) in [5, 5.41) is 11.2. The fourth-order valence-electron chi connectivity index (χ4n) is 6.00. The Labute approximate surface area is 263 Å². The smallest absolute Gasteiger partial charge is 0.386 e. The lowest BCUT2D eigenvalue weighted by Crippen LogP contribution is -2.45. The number of rotatable bonds is 2. The zero-order chi connectivity index (χ0) is 31.3. The van der Waals surface area contributed by atoms with E-state index in [0.29, 0.717) is 28.0 Å². The van der Waals surface area contributed by atoms with Crippen molar-refractivity contribution in [3.8, 4) is 0 Å². The van der Waals surface area contributed by atoms with Gasteiger partial charge in [-0.1, -0.05) is 12.2 Å². The quantitative estimate of drug-likeness (QED) is 0.165. The molecule has 0 aromatic carbocycles. The first-order valence-electron chi connectivity index (χ1n) is 13.5. The van der Waals surface area contributed by atoms with Gasteiger partial charge in [0, 0.05) is 0 Å². The van der Waals surface area contributed by atoms with Gasteiger partial charge in [0.1, 0.15) is 59.8 Å². The first kappa shape index (κ1) is 30.1. The maximum atomic E-state index is 13.8. The summed E-state index contributed by atoms with van der Waals surface area (Å²) in [6, 6.07) is 0. The Kier molecular flexibility index (Phi) is 7.12. The van der Waals surface area contributed by atoms with E-state index in [1.165, 1.54) is 29.9 Å². The summed E-state index contributed by atoms with van der Waals surface area (Å²) < 4.78 is 58.7. The van der Waals surface area contributed by atoms with Gasteiger partial charge in [-0.3, -0.25) is 22.7 Å². The van der Waals surface area contributed by atoms with Gasteiger partial charge in [0.2, 0.25) is 0 Å². The zero-order valence-electron chi connectivity index (χ0n) is 23.0. The number of imidazole rings is 2. The maximum absolute atomic E-state index is 13.8. The molecule has 0 spiro atoms. The van der Waals surface area contributed by atoms with Gasteiger partial charge < -0.3 is 34.5 Å². The Morgan fingerprint density at radius 1 is 1.00 bits per heavy atom. The summed E-state index contributed by atoms with van der Waals surface area (Å²) in [5.41, 5.74) is 6.67. The van der Waals surface area contributed by atoms with E-state index in [4.69, 9.17) is 49.8 Å². The molecule has 45 heavy (non-hydrogen) atoms. The zero-order valence-corrected chi connectivity index (χ0v) is 26.5. The SMILES string of the molecule is Cc1ncnc2c1ncn2[C@@H]1O[C@@H]2COP(O)(=S)O[C@H]3[C@H]4OC[C@]3(COP(=O)(S)O[C@@H]1[C@@H]2O)O[C@H]4n1cnc2c(N)ncnc21. The fraction of sp³-hybridized carbons (Fsp3) is 0.545. The molecule has 4 fully saturated rings. The third-order valence-corrected chi connectivity index (χ3v) is 11.3. The number of hydrogen-bond donors (Lipinski definition) is 4. The molecule has 0 aliphatic carbocycles. The number of thiol groups is 1. The number of nitrogens with two attached hydrogens (primary N) is 1. The van der Waals surface area contributed by atoms with Crippen LogP contribution >= 0.6 is 25.8 Å². The number of anilines is 1. The molecule has 4 saturated heterocycles. The Morgan fingerprint density at radius 3 is 2.51 bits per heavy atom. The topological polar surface area (TPSA) is 235 Å². The highest BCUT2D eigenvalue weighted by Crippen LogP contribution is 2.61. The van der Waals surface area contributed by atoms with Gasteiger partial charge in [-0.2, -0.15) is 0 Å². The monoisotopic (exact) mass is 701 g/mol. The average Bonchev–Trinajstić information content (AvgIpc) is 3.80. The van der Waals surface area contributed by atoms with Gasteiger partial charge in [-0.15, -0.1) is 0 Å². The van der Waals surface area contributed by atoms with E-state index < -0.39 is 75.3 Å². The normalized spacial score (nSPS) is 40.3. The average molecular weight is 702 g/mol. The molecule has 19 nitrogen and oxygen atoms in total. The number of nitrogen functional groups attached to an aromatic ring is 1. The first-order valence-corrected chi connectivity index (χ1v) is 18.8. The second-order valence-electron chi connectivity index (χ2n) is 10.9. The number of aliphatic hydroxyl groups is 1. The molecule has 8 rings (SSSR count). The van der Waals surface area contributed by atoms with Gasteiger partial charge >= 0.3 is 13.5 Å². The number of fused-ring (bicyclic) bond motifs is 4. The van der Waals surface area contributed by atoms with E-state index in [9.17, 15) is 14.6 Å². The van der Waals surface area contributed by atoms with Crippen LogP contribution < -0.4 is 5.73 Å². The molecule has 8 heterocycles. The minimum atomic E-state index is -4.27. The van der Waals surface area contributed by atoms with E-state index in [2.05, 4.69) is 42.2 Å². The molecular formula is C22H25N9O10P2S2. The molecule has 4 aromatic heterocycles. The molecule has 4 N–H and O–H groups in total. The molecular weight excluding hydrogens is 676 g/mol. The van der Waals surface area contributed by atoms with Crippen LogP contribution in [0, 0.1) is 6.92 Å². The van der Waals surface area contributed by atoms with Crippen LogP contribution in [0.15, 0.2) is 25.3 Å². The lowest BCUT2D eigenvalue weighted by molar-refractivity contribution is -0.183. The largest absolute Gasteiger partial charge is 0.387 e. The summed E-state index contributed by atoms with van der Waals surface area (Å²) >= 11 is 9.59. The van der Waals surface area contributed by atoms with Gasteiger partial charge in [-0.05, 0) is 18.7 Å². The number of ether oxygens (including phenoxy) is 3. The number of aliphatic hydroxyl groups excluding tert-OH is 1. The molecule has 0 radical (unpaired) electrons. The van der Waals surface area contributed by atoms with Crippen molar-refractivity contribution in [1.82, 2.24) is 39.0 Å². The summed E-state index contributed by atoms with van der Waals surface area (Å²) in [6.07, 6.45) is -2.30. The van der Waals surface area contributed by atoms with Crippen molar-refractivity contribution in [2.75, 3.05) is 25.6 Å². The molecule has 23 heteroatoms. The van der Waals surface area contributed by atoms with Gasteiger partial charge in [0.25, 0.3) is 0 Å². The fourth-order valence-corrected chi connectivity index (χ4v) is 8.93. The Hall–Kier alpha value is -2.23. The summed E-state index contributed by atoms with van der Waals surface area (Å²) in [5.74, 6) is 0.166. The maximum Gasteiger partial charge on any atom is 0.386 e. The molecule has 240 valence electrons. The van der Waals surface area contributed by atoms with Gasteiger partial charge in [-0.25, -0.2) is 34.5 Å². The molecule has 0 saturated carbocycles. The molecule has 4 aliphatic heterocycles. The van der Waals surface area contributed by atoms with Crippen LogP contribution in [0.2, 0.25) is 0 Å². The van der Waals surface area contributed by atoms with Crippen LogP contribution in [0.25, 0.3) is 22.3 Å². The number of nitrogens with zero attached hydrogens (tertiary/aromatic N) is 8. The highest BCUT2D eigenvalue weighted by Gasteiger charge is 2.65. The number of hydrogen-bond acceptors (Lipinski definition) is 17. The minimum absolute atomic E-state index is 0.0911. The van der Waals surface area contributed by atoms with Gasteiger partial charge in [0.05, 0.1) is 38.2 Å². The van der Waals surface area contributed by atoms with Gasteiger partial charge in [0.15, 0.2) is 29.6 Å². The molecule has 4 aromatic rings. The van der Waals surface area contributed by atoms with E-state index in [0.717, 1.165) is 0 Å². The Bertz CT molecular complexity index is 1920. The van der Waals surface area contributed by atoms with Crippen molar-refractivity contribution in [2.24, 2.45) is 0 Å². The van der Waals surface area contributed by atoms with Crippen molar-refractivity contribution in [2.45, 2.75) is 55.5 Å². The van der Waals surface area contributed by atoms with Crippen LogP contribution in [-0.2, 0) is 48.7 Å². The van der Waals surface area contributed by atoms with Crippen LogP contribution in [0.1, 0.15) is 18.1 Å². The molecule has 10 atom stereocenters. The standard InChI is InChI=1S/C22H25N9O10P2S2/c1-9-11-18(26-5-24-9)30(7-28-11)20-14-13(32)10(38-20)2-36-42(33,44)41-16-15-21(31-8-29-12-17(23)25-6-27-19(12)31)39-22(16,3-35-15)4-37-43(34,45)40-14/h5-8,10,13-16,20-21,32H,2-4H2,1H3,(H,33,44)(H,34,45)(H2,23,25,27)/t10-,13-,14-,15-,16+,20-,21-,22-,42?,43?/m1/s1. The number of aromatic nitrogens is 8. The van der Waals surface area contributed by atoms with E-state index in [1.54, 1.807) is 11.5 Å². The van der Waals surface area contributed by atoms with Crippen LogP contribution in [0.5, 0.6) is 0 Å². The third kappa shape index (κ3) is 4.93. The lowest BCUT2D eigenvalue weighted by atomic mass is 10.0.